The maximum atomic E-state index is 12.1. The number of anilines is 2. The van der Waals surface area contributed by atoms with Gasteiger partial charge < -0.3 is 10.6 Å². The summed E-state index contributed by atoms with van der Waals surface area (Å²) in [6.45, 7) is 3.92. The molecule has 2 aromatic rings. The number of nitriles is 1. The summed E-state index contributed by atoms with van der Waals surface area (Å²) in [5.41, 5.74) is 1.49. The SMILES string of the molecule is CCc1ccc(Nc2nnc(SCC(=O)NC(C)(C#N)C3CC3)s2)cc1. The molecule has 1 aromatic carbocycles. The first kappa shape index (κ1) is 18.7. The molecule has 1 aliphatic rings. The lowest BCUT2D eigenvalue weighted by molar-refractivity contribution is -0.119. The number of carbonyl (C=O) groups is 1. The zero-order valence-electron chi connectivity index (χ0n) is 14.8. The van der Waals surface area contributed by atoms with E-state index >= 15 is 0 Å². The zero-order chi connectivity index (χ0) is 18.6. The van der Waals surface area contributed by atoms with Crippen LogP contribution in [0.25, 0.3) is 0 Å². The van der Waals surface area contributed by atoms with Crippen molar-refractivity contribution in [2.45, 2.75) is 43.0 Å². The Balaban J connectivity index is 1.50. The van der Waals surface area contributed by atoms with Crippen molar-refractivity contribution in [3.05, 3.63) is 29.8 Å². The number of nitrogens with zero attached hydrogens (tertiary/aromatic N) is 3. The monoisotopic (exact) mass is 387 g/mol. The average molecular weight is 388 g/mol. The first-order valence-corrected chi connectivity index (χ1v) is 10.4. The molecule has 8 heteroatoms. The van der Waals surface area contributed by atoms with Crippen LogP contribution in [0.15, 0.2) is 28.6 Å². The van der Waals surface area contributed by atoms with Gasteiger partial charge in [-0.1, -0.05) is 42.2 Å². The van der Waals surface area contributed by atoms with Crippen LogP contribution in [-0.4, -0.2) is 27.4 Å². The van der Waals surface area contributed by atoms with E-state index in [0.717, 1.165) is 29.3 Å². The first-order chi connectivity index (χ1) is 12.5. The van der Waals surface area contributed by atoms with Gasteiger partial charge in [0, 0.05) is 5.69 Å². The fourth-order valence-corrected chi connectivity index (χ4v) is 4.17. The van der Waals surface area contributed by atoms with E-state index in [1.807, 2.05) is 12.1 Å². The molecule has 1 atom stereocenters. The van der Waals surface area contributed by atoms with Crippen molar-refractivity contribution in [2.75, 3.05) is 11.1 Å². The summed E-state index contributed by atoms with van der Waals surface area (Å²) < 4.78 is 0.720. The van der Waals surface area contributed by atoms with E-state index in [1.165, 1.54) is 28.7 Å². The van der Waals surface area contributed by atoms with E-state index in [0.29, 0.717) is 5.13 Å². The van der Waals surface area contributed by atoms with Crippen LogP contribution >= 0.6 is 23.1 Å². The average Bonchev–Trinajstić information content (AvgIpc) is 3.42. The Bertz CT molecular complexity index is 810. The molecular weight excluding hydrogens is 366 g/mol. The molecule has 26 heavy (non-hydrogen) atoms. The van der Waals surface area contributed by atoms with E-state index < -0.39 is 5.54 Å². The molecule has 2 N–H and O–H groups in total. The number of hydrogen-bond acceptors (Lipinski definition) is 7. The third-order valence-electron chi connectivity index (χ3n) is 4.37. The Morgan fingerprint density at radius 3 is 2.73 bits per heavy atom. The molecule has 1 aliphatic carbocycles. The number of nitrogens with one attached hydrogen (secondary N) is 2. The molecule has 1 fully saturated rings. The fraction of sp³-hybridized carbons (Fsp3) is 0.444. The fourth-order valence-electron chi connectivity index (χ4n) is 2.60. The number of rotatable bonds is 8. The van der Waals surface area contributed by atoms with Crippen LogP contribution in [0.3, 0.4) is 0 Å². The lowest BCUT2D eigenvalue weighted by Crippen LogP contribution is -2.47. The molecule has 1 saturated carbocycles. The van der Waals surface area contributed by atoms with E-state index in [9.17, 15) is 10.1 Å². The van der Waals surface area contributed by atoms with Gasteiger partial charge in [-0.05, 0) is 49.8 Å². The number of amides is 1. The van der Waals surface area contributed by atoms with Crippen LogP contribution in [0.5, 0.6) is 0 Å². The highest BCUT2D eigenvalue weighted by atomic mass is 32.2. The molecular formula is C18H21N5OS2. The predicted molar refractivity (Wildman–Crippen MR) is 105 cm³/mol. The quantitative estimate of drug-likeness (QED) is 0.671. The Hall–Kier alpha value is -2.11. The standard InChI is InChI=1S/C18H21N5OS2/c1-3-12-4-8-14(9-5-12)20-16-22-23-17(26-16)25-10-15(24)21-18(2,11-19)13-6-7-13/h4-5,8-9,13H,3,6-7,10H2,1-2H3,(H,20,22)(H,21,24). The summed E-state index contributed by atoms with van der Waals surface area (Å²) >= 11 is 2.74. The zero-order valence-corrected chi connectivity index (χ0v) is 16.4. The molecule has 3 rings (SSSR count). The summed E-state index contributed by atoms with van der Waals surface area (Å²) in [4.78, 5) is 12.1. The van der Waals surface area contributed by atoms with Crippen molar-refractivity contribution in [3.63, 3.8) is 0 Å². The second-order valence-electron chi connectivity index (χ2n) is 6.47. The van der Waals surface area contributed by atoms with Crippen LogP contribution in [0.1, 0.15) is 32.3 Å². The molecule has 0 radical (unpaired) electrons. The van der Waals surface area contributed by atoms with Gasteiger partial charge in [0.25, 0.3) is 0 Å². The Morgan fingerprint density at radius 2 is 2.12 bits per heavy atom. The second-order valence-corrected chi connectivity index (χ2v) is 8.67. The molecule has 1 heterocycles. The maximum Gasteiger partial charge on any atom is 0.231 e. The molecule has 1 unspecified atom stereocenters. The van der Waals surface area contributed by atoms with Gasteiger partial charge in [0.05, 0.1) is 11.8 Å². The van der Waals surface area contributed by atoms with Crippen LogP contribution in [0, 0.1) is 17.2 Å². The lowest BCUT2D eigenvalue weighted by atomic mass is 9.98. The number of thioether (sulfide) groups is 1. The topological polar surface area (TPSA) is 90.7 Å². The number of aryl methyl sites for hydroxylation is 1. The molecule has 136 valence electrons. The van der Waals surface area contributed by atoms with Crippen molar-refractivity contribution >= 4 is 39.8 Å². The first-order valence-electron chi connectivity index (χ1n) is 8.57. The molecule has 6 nitrogen and oxygen atoms in total. The number of aromatic nitrogens is 2. The third kappa shape index (κ3) is 4.74. The largest absolute Gasteiger partial charge is 0.337 e. The highest BCUT2D eigenvalue weighted by molar-refractivity contribution is 8.01. The minimum Gasteiger partial charge on any atom is -0.337 e. The van der Waals surface area contributed by atoms with E-state index in [2.05, 4.69) is 46.0 Å². The highest BCUT2D eigenvalue weighted by Gasteiger charge is 2.42. The van der Waals surface area contributed by atoms with Gasteiger partial charge in [0.2, 0.25) is 11.0 Å². The van der Waals surface area contributed by atoms with Crippen LogP contribution in [0.2, 0.25) is 0 Å². The second kappa shape index (κ2) is 8.06. The van der Waals surface area contributed by atoms with Crippen molar-refractivity contribution < 1.29 is 4.79 Å². The summed E-state index contributed by atoms with van der Waals surface area (Å²) in [6.07, 6.45) is 3.01. The molecule has 0 bridgehead atoms. The van der Waals surface area contributed by atoms with Crippen LogP contribution in [0.4, 0.5) is 10.8 Å². The molecule has 1 aromatic heterocycles. The summed E-state index contributed by atoms with van der Waals surface area (Å²) in [6, 6.07) is 10.4. The smallest absolute Gasteiger partial charge is 0.231 e. The van der Waals surface area contributed by atoms with Gasteiger partial charge in [0.1, 0.15) is 5.54 Å². The van der Waals surface area contributed by atoms with Gasteiger partial charge >= 0.3 is 0 Å². The summed E-state index contributed by atoms with van der Waals surface area (Å²) in [7, 11) is 0. The molecule has 0 aliphatic heterocycles. The minimum absolute atomic E-state index is 0.147. The molecule has 0 saturated heterocycles. The van der Waals surface area contributed by atoms with Gasteiger partial charge in [-0.15, -0.1) is 10.2 Å². The Morgan fingerprint density at radius 1 is 1.38 bits per heavy atom. The summed E-state index contributed by atoms with van der Waals surface area (Å²) in [5.74, 6) is 0.354. The minimum atomic E-state index is -0.754. The molecule has 1 amide bonds. The van der Waals surface area contributed by atoms with Gasteiger partial charge in [0.15, 0.2) is 4.34 Å². The third-order valence-corrected chi connectivity index (χ3v) is 6.34. The van der Waals surface area contributed by atoms with Crippen molar-refractivity contribution in [2.24, 2.45) is 5.92 Å². The Kier molecular flexibility index (Phi) is 5.79. The van der Waals surface area contributed by atoms with Crippen molar-refractivity contribution in [1.82, 2.24) is 15.5 Å². The van der Waals surface area contributed by atoms with E-state index in [-0.39, 0.29) is 17.6 Å². The number of hydrogen-bond donors (Lipinski definition) is 2. The molecule has 0 spiro atoms. The number of benzene rings is 1. The van der Waals surface area contributed by atoms with Gasteiger partial charge in [-0.3, -0.25) is 4.79 Å². The van der Waals surface area contributed by atoms with Crippen molar-refractivity contribution in [3.8, 4) is 6.07 Å². The number of carbonyl (C=O) groups excluding carboxylic acids is 1. The van der Waals surface area contributed by atoms with Crippen molar-refractivity contribution in [1.29, 1.82) is 5.26 Å². The van der Waals surface area contributed by atoms with E-state index in [1.54, 1.807) is 6.92 Å². The van der Waals surface area contributed by atoms with Gasteiger partial charge in [-0.25, -0.2) is 0 Å². The highest BCUT2D eigenvalue weighted by Crippen LogP contribution is 2.39. The Labute approximate surface area is 161 Å². The van der Waals surface area contributed by atoms with Crippen LogP contribution in [-0.2, 0) is 11.2 Å². The van der Waals surface area contributed by atoms with Gasteiger partial charge in [-0.2, -0.15) is 5.26 Å². The van der Waals surface area contributed by atoms with Crippen LogP contribution < -0.4 is 10.6 Å². The normalized spacial score (nSPS) is 15.7. The maximum absolute atomic E-state index is 12.1. The predicted octanol–water partition coefficient (Wildman–Crippen LogP) is 3.74. The lowest BCUT2D eigenvalue weighted by Gasteiger charge is -2.22. The van der Waals surface area contributed by atoms with E-state index in [4.69, 9.17) is 0 Å². The summed E-state index contributed by atoms with van der Waals surface area (Å²) in [5, 5.41) is 24.3.